The number of hydrogen-bond acceptors (Lipinski definition) is 8. The fourth-order valence-electron chi connectivity index (χ4n) is 4.94. The second kappa shape index (κ2) is 9.30. The molecule has 4 heterocycles. The van der Waals surface area contributed by atoms with Gasteiger partial charge in [-0.2, -0.15) is 0 Å². The number of morpholine rings is 1. The minimum Gasteiger partial charge on any atom is -0.478 e. The molecule has 2 aromatic heterocycles. The van der Waals surface area contributed by atoms with Gasteiger partial charge in [0.05, 0.1) is 24.3 Å². The van der Waals surface area contributed by atoms with Crippen LogP contribution in [-0.2, 0) is 11.3 Å². The van der Waals surface area contributed by atoms with Crippen molar-refractivity contribution in [3.8, 4) is 16.9 Å². The summed E-state index contributed by atoms with van der Waals surface area (Å²) < 4.78 is 22.6. The summed E-state index contributed by atoms with van der Waals surface area (Å²) in [5.41, 5.74) is 1.61. The van der Waals surface area contributed by atoms with Crippen LogP contribution < -0.4 is 16.0 Å². The lowest BCUT2D eigenvalue weighted by Crippen LogP contribution is -2.39. The summed E-state index contributed by atoms with van der Waals surface area (Å²) >= 11 is 0. The first kappa shape index (κ1) is 22.0. The molecule has 2 aliphatic rings. The Morgan fingerprint density at radius 2 is 1.69 bits per heavy atom. The van der Waals surface area contributed by atoms with E-state index >= 15 is 0 Å². The highest BCUT2D eigenvalue weighted by Gasteiger charge is 2.24. The largest absolute Gasteiger partial charge is 0.478 e. The standard InChI is InChI=1S/C27H26N2O6/c30-25-15-20(21-14-18-4-1-2-5-23(18)34-27(21)31)19-6-7-24-22(26(19)35-25)16-29(17-33-24)9-3-8-28-10-12-32-13-11-28/h1-2,4-7,14-15H,3,8-13,16-17H2. The van der Waals surface area contributed by atoms with Gasteiger partial charge in [0.15, 0.2) is 0 Å². The summed E-state index contributed by atoms with van der Waals surface area (Å²) in [6.45, 7) is 6.51. The van der Waals surface area contributed by atoms with E-state index in [1.807, 2.05) is 30.3 Å². The number of hydrogen-bond donors (Lipinski definition) is 0. The fourth-order valence-corrected chi connectivity index (χ4v) is 4.94. The minimum absolute atomic E-state index is 0.334. The molecule has 4 aromatic rings. The summed E-state index contributed by atoms with van der Waals surface area (Å²) in [6, 6.07) is 14.2. The van der Waals surface area contributed by atoms with Gasteiger partial charge in [0, 0.05) is 48.6 Å². The number of ether oxygens (including phenoxy) is 2. The summed E-state index contributed by atoms with van der Waals surface area (Å²) in [7, 11) is 0. The zero-order chi connectivity index (χ0) is 23.8. The van der Waals surface area contributed by atoms with Crippen LogP contribution in [0.2, 0.25) is 0 Å². The SMILES string of the molecule is O=c1cc(-c2cc3ccccc3oc2=O)c2ccc3c(c2o1)CN(CCCN1CCOCC1)CO3. The molecule has 0 atom stereocenters. The number of rotatable bonds is 5. The Morgan fingerprint density at radius 3 is 2.57 bits per heavy atom. The van der Waals surface area contributed by atoms with Crippen molar-refractivity contribution in [2.75, 3.05) is 46.1 Å². The molecule has 0 unspecified atom stereocenters. The number of nitrogens with zero attached hydrogens (tertiary/aromatic N) is 2. The Bertz CT molecular complexity index is 1500. The lowest BCUT2D eigenvalue weighted by Gasteiger charge is -2.31. The van der Waals surface area contributed by atoms with E-state index < -0.39 is 11.3 Å². The maximum Gasteiger partial charge on any atom is 0.344 e. The number of para-hydroxylation sites is 1. The van der Waals surface area contributed by atoms with E-state index in [0.29, 0.717) is 46.7 Å². The molecule has 2 aliphatic heterocycles. The summed E-state index contributed by atoms with van der Waals surface area (Å²) in [5.74, 6) is 0.702. The quantitative estimate of drug-likeness (QED) is 0.407. The smallest absolute Gasteiger partial charge is 0.344 e. The minimum atomic E-state index is -0.516. The third kappa shape index (κ3) is 4.36. The van der Waals surface area contributed by atoms with Crippen molar-refractivity contribution in [1.82, 2.24) is 9.80 Å². The summed E-state index contributed by atoms with van der Waals surface area (Å²) in [4.78, 5) is 30.1. The highest BCUT2D eigenvalue weighted by Crippen LogP contribution is 2.36. The maximum absolute atomic E-state index is 12.8. The van der Waals surface area contributed by atoms with Crippen molar-refractivity contribution in [2.45, 2.75) is 13.0 Å². The zero-order valence-electron chi connectivity index (χ0n) is 19.3. The second-order valence-electron chi connectivity index (χ2n) is 9.02. The molecule has 0 aliphatic carbocycles. The average Bonchev–Trinajstić information content (AvgIpc) is 2.88. The van der Waals surface area contributed by atoms with Crippen LogP contribution in [0.25, 0.3) is 33.1 Å². The first-order valence-electron chi connectivity index (χ1n) is 11.9. The van der Waals surface area contributed by atoms with Gasteiger partial charge in [0.1, 0.15) is 23.6 Å². The van der Waals surface area contributed by atoms with Gasteiger partial charge < -0.3 is 18.3 Å². The molecule has 0 amide bonds. The Labute approximate surface area is 201 Å². The van der Waals surface area contributed by atoms with E-state index in [1.165, 1.54) is 6.07 Å². The Hall–Kier alpha value is -3.46. The second-order valence-corrected chi connectivity index (χ2v) is 9.02. The van der Waals surface area contributed by atoms with Crippen LogP contribution in [0.4, 0.5) is 0 Å². The van der Waals surface area contributed by atoms with Crippen LogP contribution >= 0.6 is 0 Å². The molecule has 8 nitrogen and oxygen atoms in total. The molecule has 6 rings (SSSR count). The normalized spacial score (nSPS) is 16.9. The van der Waals surface area contributed by atoms with Gasteiger partial charge in [-0.25, -0.2) is 9.59 Å². The topological polar surface area (TPSA) is 85.4 Å². The van der Waals surface area contributed by atoms with Crippen molar-refractivity contribution >= 4 is 21.9 Å². The van der Waals surface area contributed by atoms with E-state index in [9.17, 15) is 9.59 Å². The van der Waals surface area contributed by atoms with E-state index in [2.05, 4.69) is 9.80 Å². The fraction of sp³-hybridized carbons (Fsp3) is 0.333. The molecule has 35 heavy (non-hydrogen) atoms. The van der Waals surface area contributed by atoms with Gasteiger partial charge in [-0.15, -0.1) is 0 Å². The van der Waals surface area contributed by atoms with Gasteiger partial charge >= 0.3 is 11.3 Å². The van der Waals surface area contributed by atoms with Crippen LogP contribution in [0.15, 0.2) is 67.0 Å². The summed E-state index contributed by atoms with van der Waals surface area (Å²) in [5, 5.41) is 1.47. The van der Waals surface area contributed by atoms with Gasteiger partial charge in [-0.05, 0) is 37.2 Å². The van der Waals surface area contributed by atoms with E-state index in [4.69, 9.17) is 18.3 Å². The molecule has 8 heteroatoms. The predicted molar refractivity (Wildman–Crippen MR) is 132 cm³/mol. The molecule has 0 saturated carbocycles. The highest BCUT2D eigenvalue weighted by molar-refractivity contribution is 5.97. The van der Waals surface area contributed by atoms with Gasteiger partial charge in [-0.1, -0.05) is 18.2 Å². The van der Waals surface area contributed by atoms with Crippen LogP contribution in [0.3, 0.4) is 0 Å². The van der Waals surface area contributed by atoms with Gasteiger partial charge in [0.2, 0.25) is 0 Å². The molecule has 2 aromatic carbocycles. The van der Waals surface area contributed by atoms with Crippen LogP contribution in [0, 0.1) is 0 Å². The van der Waals surface area contributed by atoms with E-state index in [0.717, 1.165) is 56.8 Å². The molecular formula is C27H26N2O6. The average molecular weight is 475 g/mol. The van der Waals surface area contributed by atoms with Gasteiger partial charge in [-0.3, -0.25) is 9.80 Å². The maximum atomic E-state index is 12.8. The Morgan fingerprint density at radius 1 is 0.857 bits per heavy atom. The first-order valence-corrected chi connectivity index (χ1v) is 11.9. The van der Waals surface area contributed by atoms with Crippen LogP contribution in [0.5, 0.6) is 5.75 Å². The monoisotopic (exact) mass is 474 g/mol. The predicted octanol–water partition coefficient (Wildman–Crippen LogP) is 3.44. The molecule has 1 saturated heterocycles. The summed E-state index contributed by atoms with van der Waals surface area (Å²) in [6.07, 6.45) is 1.01. The molecule has 0 spiro atoms. The molecule has 180 valence electrons. The van der Waals surface area contributed by atoms with Crippen LogP contribution in [0.1, 0.15) is 12.0 Å². The molecule has 0 N–H and O–H groups in total. The van der Waals surface area contributed by atoms with Crippen molar-refractivity contribution < 1.29 is 18.3 Å². The molecule has 0 radical (unpaired) electrons. The molecule has 0 bridgehead atoms. The number of fused-ring (bicyclic) bond motifs is 4. The molecule has 1 fully saturated rings. The van der Waals surface area contributed by atoms with Crippen molar-refractivity contribution in [3.63, 3.8) is 0 Å². The number of benzene rings is 2. The lowest BCUT2D eigenvalue weighted by molar-refractivity contribution is 0.0330. The zero-order valence-corrected chi connectivity index (χ0v) is 19.3. The van der Waals surface area contributed by atoms with Crippen molar-refractivity contribution in [3.05, 3.63) is 74.9 Å². The van der Waals surface area contributed by atoms with E-state index in [1.54, 1.807) is 12.1 Å². The Balaban J connectivity index is 1.33. The van der Waals surface area contributed by atoms with Crippen molar-refractivity contribution in [1.29, 1.82) is 0 Å². The van der Waals surface area contributed by atoms with Gasteiger partial charge in [0.25, 0.3) is 0 Å². The highest BCUT2D eigenvalue weighted by atomic mass is 16.5. The lowest BCUT2D eigenvalue weighted by atomic mass is 9.99. The van der Waals surface area contributed by atoms with Crippen molar-refractivity contribution in [2.24, 2.45) is 0 Å². The third-order valence-corrected chi connectivity index (χ3v) is 6.74. The van der Waals surface area contributed by atoms with E-state index in [-0.39, 0.29) is 0 Å². The van der Waals surface area contributed by atoms with Crippen LogP contribution in [-0.4, -0.2) is 55.9 Å². The molecular weight excluding hydrogens is 448 g/mol. The first-order chi connectivity index (χ1) is 17.2. The Kier molecular flexibility index (Phi) is 5.85. The third-order valence-electron chi connectivity index (χ3n) is 6.74.